The second-order valence-electron chi connectivity index (χ2n) is 4.74. The predicted molar refractivity (Wildman–Crippen MR) is 85.6 cm³/mol. The van der Waals surface area contributed by atoms with Crippen molar-refractivity contribution in [2.75, 3.05) is 18.5 Å². The molecule has 0 saturated carbocycles. The van der Waals surface area contributed by atoms with Crippen molar-refractivity contribution < 1.29 is 19.4 Å². The lowest BCUT2D eigenvalue weighted by atomic mass is 10.0. The minimum absolute atomic E-state index is 0.113. The molecule has 0 aliphatic rings. The number of hydrogen-bond donors (Lipinski definition) is 3. The number of carbonyl (C=O) groups is 1. The molecule has 0 bridgehead atoms. The monoisotopic (exact) mass is 367 g/mol. The van der Waals surface area contributed by atoms with Gasteiger partial charge in [-0.1, -0.05) is 15.9 Å². The van der Waals surface area contributed by atoms with E-state index in [1.54, 1.807) is 18.2 Å². The Morgan fingerprint density at radius 1 is 1.23 bits per heavy atom. The molecule has 1 atom stereocenters. The molecule has 0 fully saturated rings. The maximum absolute atomic E-state index is 13.0. The highest BCUT2D eigenvalue weighted by molar-refractivity contribution is 9.10. The van der Waals surface area contributed by atoms with Crippen molar-refractivity contribution in [3.63, 3.8) is 0 Å². The van der Waals surface area contributed by atoms with Crippen molar-refractivity contribution in [3.8, 4) is 0 Å². The molecule has 0 saturated heterocycles. The average molecular weight is 368 g/mol. The molecule has 3 N–H and O–H groups in total. The van der Waals surface area contributed by atoms with E-state index in [1.807, 2.05) is 0 Å². The summed E-state index contributed by atoms with van der Waals surface area (Å²) in [5, 5.41) is 21.2. The van der Waals surface area contributed by atoms with E-state index in [9.17, 15) is 14.3 Å². The molecule has 0 radical (unpaired) electrons. The molecule has 2 aromatic rings. The quantitative estimate of drug-likeness (QED) is 0.686. The predicted octanol–water partition coefficient (Wildman–Crippen LogP) is 2.58. The first-order valence-electron chi connectivity index (χ1n) is 6.64. The van der Waals surface area contributed by atoms with Crippen LogP contribution in [-0.4, -0.2) is 35.3 Å². The van der Waals surface area contributed by atoms with Gasteiger partial charge in [0.2, 0.25) is 0 Å². The first-order chi connectivity index (χ1) is 10.5. The Balaban J connectivity index is 2.30. The van der Waals surface area contributed by atoms with Gasteiger partial charge in [0, 0.05) is 27.8 Å². The molecule has 0 spiro atoms. The van der Waals surface area contributed by atoms with Crippen molar-refractivity contribution in [3.05, 3.63) is 63.9 Å². The van der Waals surface area contributed by atoms with Gasteiger partial charge in [-0.2, -0.15) is 0 Å². The van der Waals surface area contributed by atoms with Gasteiger partial charge in [-0.3, -0.25) is 4.79 Å². The lowest BCUT2D eigenvalue weighted by Crippen LogP contribution is -2.23. The van der Waals surface area contributed by atoms with E-state index < -0.39 is 11.9 Å². The number of hydrogen-bond acceptors (Lipinski definition) is 4. The highest BCUT2D eigenvalue weighted by Crippen LogP contribution is 2.24. The third kappa shape index (κ3) is 4.13. The first kappa shape index (κ1) is 16.6. The number of aliphatic hydroxyl groups is 2. The van der Waals surface area contributed by atoms with E-state index >= 15 is 0 Å². The number of ketones is 1. The fourth-order valence-electron chi connectivity index (χ4n) is 1.91. The van der Waals surface area contributed by atoms with Crippen LogP contribution in [0.3, 0.4) is 0 Å². The van der Waals surface area contributed by atoms with Crippen LogP contribution in [0.15, 0.2) is 46.9 Å². The molecule has 0 heterocycles. The van der Waals surface area contributed by atoms with E-state index in [0.717, 1.165) is 4.47 Å². The molecular weight excluding hydrogens is 353 g/mol. The second kappa shape index (κ2) is 7.49. The van der Waals surface area contributed by atoms with Gasteiger partial charge in [-0.25, -0.2) is 4.39 Å². The van der Waals surface area contributed by atoms with E-state index in [1.165, 1.54) is 24.3 Å². The van der Waals surface area contributed by atoms with Crippen molar-refractivity contribution in [1.29, 1.82) is 0 Å². The number of benzene rings is 2. The minimum atomic E-state index is -0.919. The number of halogens is 2. The lowest BCUT2D eigenvalue weighted by molar-refractivity contribution is 0.103. The number of anilines is 1. The van der Waals surface area contributed by atoms with Crippen LogP contribution in [0.25, 0.3) is 0 Å². The molecule has 1 unspecified atom stereocenters. The standard InChI is InChI=1S/C16H15BrFNO3/c17-11-3-6-15(19-8-13(21)9-20)14(7-11)16(22)10-1-4-12(18)5-2-10/h1-7,13,19-21H,8-9H2. The number of rotatable bonds is 6. The summed E-state index contributed by atoms with van der Waals surface area (Å²) in [6.45, 7) is -0.257. The Kier molecular flexibility index (Phi) is 5.65. The van der Waals surface area contributed by atoms with Gasteiger partial charge in [-0.05, 0) is 42.5 Å². The summed E-state index contributed by atoms with van der Waals surface area (Å²) in [5.41, 5.74) is 1.29. The molecule has 2 aromatic carbocycles. The number of nitrogens with one attached hydrogen (secondary N) is 1. The molecule has 4 nitrogen and oxygen atoms in total. The van der Waals surface area contributed by atoms with Gasteiger partial charge in [0.1, 0.15) is 5.82 Å². The Morgan fingerprint density at radius 2 is 1.91 bits per heavy atom. The maximum Gasteiger partial charge on any atom is 0.195 e. The normalized spacial score (nSPS) is 12.0. The zero-order valence-corrected chi connectivity index (χ0v) is 13.2. The van der Waals surface area contributed by atoms with Crippen LogP contribution in [0.1, 0.15) is 15.9 Å². The highest BCUT2D eigenvalue weighted by Gasteiger charge is 2.15. The van der Waals surface area contributed by atoms with Crippen LogP contribution < -0.4 is 5.32 Å². The van der Waals surface area contributed by atoms with Crippen LogP contribution >= 0.6 is 15.9 Å². The van der Waals surface area contributed by atoms with E-state index in [2.05, 4.69) is 21.2 Å². The SMILES string of the molecule is O=C(c1ccc(F)cc1)c1cc(Br)ccc1NCC(O)CO. The molecular formula is C16H15BrFNO3. The van der Waals surface area contributed by atoms with Gasteiger partial charge in [0.05, 0.1) is 12.7 Å². The van der Waals surface area contributed by atoms with E-state index in [4.69, 9.17) is 5.11 Å². The maximum atomic E-state index is 13.0. The average Bonchev–Trinajstić information content (AvgIpc) is 2.53. The molecule has 22 heavy (non-hydrogen) atoms. The zero-order chi connectivity index (χ0) is 16.1. The second-order valence-corrected chi connectivity index (χ2v) is 5.66. The van der Waals surface area contributed by atoms with E-state index in [0.29, 0.717) is 16.8 Å². The molecule has 0 aliphatic carbocycles. The summed E-state index contributed by atoms with van der Waals surface area (Å²) in [4.78, 5) is 12.5. The zero-order valence-electron chi connectivity index (χ0n) is 11.6. The van der Waals surface area contributed by atoms with Crippen molar-refractivity contribution in [1.82, 2.24) is 0 Å². The van der Waals surface area contributed by atoms with Gasteiger partial charge >= 0.3 is 0 Å². The van der Waals surface area contributed by atoms with Gasteiger partial charge < -0.3 is 15.5 Å². The van der Waals surface area contributed by atoms with Crippen molar-refractivity contribution in [2.24, 2.45) is 0 Å². The third-order valence-electron chi connectivity index (χ3n) is 3.07. The molecule has 0 aromatic heterocycles. The Hall–Kier alpha value is -1.76. The number of carbonyl (C=O) groups excluding carboxylic acids is 1. The largest absolute Gasteiger partial charge is 0.394 e. The van der Waals surface area contributed by atoms with Gasteiger partial charge in [0.15, 0.2) is 5.78 Å². The summed E-state index contributed by atoms with van der Waals surface area (Å²) in [7, 11) is 0. The first-order valence-corrected chi connectivity index (χ1v) is 7.43. The Bertz CT molecular complexity index is 661. The molecule has 0 amide bonds. The summed E-state index contributed by atoms with van der Waals surface area (Å²) in [6.07, 6.45) is -0.919. The van der Waals surface area contributed by atoms with E-state index in [-0.39, 0.29) is 18.9 Å². The molecule has 2 rings (SSSR count). The fraction of sp³-hybridized carbons (Fsp3) is 0.188. The van der Waals surface area contributed by atoms with Crippen LogP contribution in [0.2, 0.25) is 0 Å². The lowest BCUT2D eigenvalue weighted by Gasteiger charge is -2.14. The summed E-state index contributed by atoms with van der Waals surface area (Å²) >= 11 is 3.31. The van der Waals surface area contributed by atoms with Gasteiger partial charge in [0.25, 0.3) is 0 Å². The number of aliphatic hydroxyl groups excluding tert-OH is 2. The van der Waals surface area contributed by atoms with Crippen LogP contribution in [0.5, 0.6) is 0 Å². The summed E-state index contributed by atoms with van der Waals surface area (Å²) in [6, 6.07) is 10.4. The van der Waals surface area contributed by atoms with Crippen molar-refractivity contribution >= 4 is 27.4 Å². The highest BCUT2D eigenvalue weighted by atomic mass is 79.9. The van der Waals surface area contributed by atoms with Crippen molar-refractivity contribution in [2.45, 2.75) is 6.10 Å². The Morgan fingerprint density at radius 3 is 2.55 bits per heavy atom. The topological polar surface area (TPSA) is 69.6 Å². The third-order valence-corrected chi connectivity index (χ3v) is 3.56. The smallest absolute Gasteiger partial charge is 0.195 e. The Labute approximate surface area is 135 Å². The summed E-state index contributed by atoms with van der Waals surface area (Å²) in [5.74, 6) is -0.669. The summed E-state index contributed by atoms with van der Waals surface area (Å²) < 4.78 is 13.7. The van der Waals surface area contributed by atoms with Gasteiger partial charge in [-0.15, -0.1) is 0 Å². The fourth-order valence-corrected chi connectivity index (χ4v) is 2.27. The minimum Gasteiger partial charge on any atom is -0.394 e. The van der Waals surface area contributed by atoms with Crippen LogP contribution in [-0.2, 0) is 0 Å². The van der Waals surface area contributed by atoms with Crippen LogP contribution in [0.4, 0.5) is 10.1 Å². The van der Waals surface area contributed by atoms with Crippen LogP contribution in [0, 0.1) is 5.82 Å². The molecule has 116 valence electrons. The molecule has 6 heteroatoms. The molecule has 0 aliphatic heterocycles.